The van der Waals surface area contributed by atoms with E-state index in [0.717, 1.165) is 45.1 Å². The van der Waals surface area contributed by atoms with Gasteiger partial charge < -0.3 is 15.0 Å². The quantitative estimate of drug-likeness (QED) is 0.761. The number of hydrogen-bond donors (Lipinski definition) is 1. The van der Waals surface area contributed by atoms with Crippen LogP contribution in [0.5, 0.6) is 5.88 Å². The van der Waals surface area contributed by atoms with Crippen molar-refractivity contribution in [3.8, 4) is 5.88 Å². The maximum Gasteiger partial charge on any atom is 0.233 e. The molecule has 6 heteroatoms. The van der Waals surface area contributed by atoms with Crippen LogP contribution in [0.2, 0.25) is 0 Å². The Morgan fingerprint density at radius 2 is 1.67 bits per heavy atom. The molecule has 0 bridgehead atoms. The Kier molecular flexibility index (Phi) is 6.13. The van der Waals surface area contributed by atoms with Crippen LogP contribution in [0.4, 0.5) is 5.82 Å². The molecular weight excluding hydrogens is 374 g/mol. The predicted octanol–water partition coefficient (Wildman–Crippen LogP) is 3.05. The van der Waals surface area contributed by atoms with E-state index < -0.39 is 0 Å². The lowest BCUT2D eigenvalue weighted by Gasteiger charge is -2.35. The van der Waals surface area contributed by atoms with Crippen LogP contribution in [-0.4, -0.2) is 61.0 Å². The fourth-order valence-corrected chi connectivity index (χ4v) is 4.89. The van der Waals surface area contributed by atoms with E-state index in [4.69, 9.17) is 4.74 Å². The SMILES string of the molecule is c1cc(C2CC(COc3ccc(N4CCNCC4)nn3)C2)ccc1CN1CCCC1. The van der Waals surface area contributed by atoms with E-state index in [1.54, 1.807) is 0 Å². The number of nitrogens with zero attached hydrogens (tertiary/aromatic N) is 4. The largest absolute Gasteiger partial charge is 0.476 e. The molecule has 30 heavy (non-hydrogen) atoms. The van der Waals surface area contributed by atoms with Gasteiger partial charge in [-0.05, 0) is 67.8 Å². The third kappa shape index (κ3) is 4.76. The molecule has 3 heterocycles. The van der Waals surface area contributed by atoms with Gasteiger partial charge in [0.05, 0.1) is 6.61 Å². The average molecular weight is 408 g/mol. The summed E-state index contributed by atoms with van der Waals surface area (Å²) in [4.78, 5) is 4.82. The second kappa shape index (κ2) is 9.31. The molecule has 3 fully saturated rings. The lowest BCUT2D eigenvalue weighted by Crippen LogP contribution is -2.43. The van der Waals surface area contributed by atoms with Gasteiger partial charge in [-0.3, -0.25) is 4.90 Å². The number of likely N-dealkylation sites (tertiary alicyclic amines) is 1. The maximum atomic E-state index is 5.92. The van der Waals surface area contributed by atoms with Gasteiger partial charge in [-0.2, -0.15) is 0 Å². The second-order valence-electron chi connectivity index (χ2n) is 9.04. The van der Waals surface area contributed by atoms with Crippen molar-refractivity contribution in [1.82, 2.24) is 20.4 Å². The summed E-state index contributed by atoms with van der Waals surface area (Å²) in [5.74, 6) is 2.89. The summed E-state index contributed by atoms with van der Waals surface area (Å²) in [6, 6.07) is 13.3. The van der Waals surface area contributed by atoms with Gasteiger partial charge >= 0.3 is 0 Å². The number of benzene rings is 1. The molecule has 1 aromatic carbocycles. The first-order valence-electron chi connectivity index (χ1n) is 11.6. The van der Waals surface area contributed by atoms with Crippen molar-refractivity contribution in [3.05, 3.63) is 47.5 Å². The Morgan fingerprint density at radius 3 is 2.37 bits per heavy atom. The lowest BCUT2D eigenvalue weighted by molar-refractivity contribution is 0.153. The number of piperazine rings is 1. The smallest absolute Gasteiger partial charge is 0.233 e. The Balaban J connectivity index is 1.05. The van der Waals surface area contributed by atoms with Gasteiger partial charge in [0.2, 0.25) is 5.88 Å². The maximum absolute atomic E-state index is 5.92. The highest BCUT2D eigenvalue weighted by Gasteiger charge is 2.31. The van der Waals surface area contributed by atoms with E-state index >= 15 is 0 Å². The zero-order chi connectivity index (χ0) is 20.2. The standard InChI is InChI=1S/C24H33N5O/c1-2-12-28(11-1)17-19-3-5-21(6-4-19)22-15-20(16-22)18-30-24-8-7-23(26-27-24)29-13-9-25-10-14-29/h3-8,20,22,25H,1-2,9-18H2. The van der Waals surface area contributed by atoms with Crippen LogP contribution in [0.15, 0.2) is 36.4 Å². The molecule has 160 valence electrons. The molecular formula is C24H33N5O. The van der Waals surface area contributed by atoms with Crippen molar-refractivity contribution in [2.75, 3.05) is 50.8 Å². The minimum absolute atomic E-state index is 0.619. The minimum atomic E-state index is 0.619. The van der Waals surface area contributed by atoms with E-state index in [1.807, 2.05) is 12.1 Å². The first-order chi connectivity index (χ1) is 14.8. The summed E-state index contributed by atoms with van der Waals surface area (Å²) >= 11 is 0. The van der Waals surface area contributed by atoms with Gasteiger partial charge in [0.1, 0.15) is 0 Å². The lowest BCUT2D eigenvalue weighted by atomic mass is 9.72. The molecule has 1 saturated carbocycles. The molecule has 2 aromatic rings. The Hall–Kier alpha value is -2.18. The molecule has 0 unspecified atom stereocenters. The molecule has 6 nitrogen and oxygen atoms in total. The fourth-order valence-electron chi connectivity index (χ4n) is 4.89. The van der Waals surface area contributed by atoms with Gasteiger partial charge in [0.15, 0.2) is 5.82 Å². The molecule has 0 spiro atoms. The molecule has 2 aliphatic heterocycles. The summed E-state index contributed by atoms with van der Waals surface area (Å²) in [6.45, 7) is 8.34. The van der Waals surface area contributed by atoms with Crippen LogP contribution < -0.4 is 15.0 Å². The molecule has 1 aromatic heterocycles. The fraction of sp³-hybridized carbons (Fsp3) is 0.583. The summed E-state index contributed by atoms with van der Waals surface area (Å²) in [5.41, 5.74) is 2.93. The van der Waals surface area contributed by atoms with Crippen LogP contribution in [0.1, 0.15) is 42.7 Å². The summed E-state index contributed by atoms with van der Waals surface area (Å²) in [7, 11) is 0. The van der Waals surface area contributed by atoms with Gasteiger partial charge in [-0.25, -0.2) is 0 Å². The van der Waals surface area contributed by atoms with Gasteiger partial charge in [0, 0.05) is 38.8 Å². The Bertz CT molecular complexity index is 791. The Labute approximate surface area is 179 Å². The first-order valence-corrected chi connectivity index (χ1v) is 11.6. The Morgan fingerprint density at radius 1 is 0.900 bits per heavy atom. The molecule has 0 radical (unpaired) electrons. The van der Waals surface area contributed by atoms with Crippen LogP contribution in [-0.2, 0) is 6.54 Å². The van der Waals surface area contributed by atoms with E-state index in [-0.39, 0.29) is 0 Å². The third-order valence-electron chi connectivity index (χ3n) is 6.83. The number of anilines is 1. The highest BCUT2D eigenvalue weighted by atomic mass is 16.5. The zero-order valence-corrected chi connectivity index (χ0v) is 17.8. The molecule has 3 aliphatic rings. The topological polar surface area (TPSA) is 53.5 Å². The highest BCUT2D eigenvalue weighted by molar-refractivity contribution is 5.38. The number of hydrogen-bond acceptors (Lipinski definition) is 6. The monoisotopic (exact) mass is 407 g/mol. The summed E-state index contributed by atoms with van der Waals surface area (Å²) in [6.07, 6.45) is 5.13. The number of nitrogens with one attached hydrogen (secondary N) is 1. The van der Waals surface area contributed by atoms with E-state index in [2.05, 4.69) is 49.6 Å². The number of aromatic nitrogens is 2. The molecule has 0 atom stereocenters. The molecule has 1 aliphatic carbocycles. The predicted molar refractivity (Wildman–Crippen MR) is 119 cm³/mol. The zero-order valence-electron chi connectivity index (χ0n) is 17.8. The van der Waals surface area contributed by atoms with Gasteiger partial charge in [-0.15, -0.1) is 10.2 Å². The third-order valence-corrected chi connectivity index (χ3v) is 6.83. The molecule has 0 amide bonds. The van der Waals surface area contributed by atoms with Crippen molar-refractivity contribution < 1.29 is 4.74 Å². The van der Waals surface area contributed by atoms with Crippen LogP contribution in [0.25, 0.3) is 0 Å². The summed E-state index contributed by atoms with van der Waals surface area (Å²) < 4.78 is 5.92. The highest BCUT2D eigenvalue weighted by Crippen LogP contribution is 2.41. The van der Waals surface area contributed by atoms with E-state index in [0.29, 0.717) is 17.7 Å². The van der Waals surface area contributed by atoms with Gasteiger partial charge in [-0.1, -0.05) is 24.3 Å². The van der Waals surface area contributed by atoms with Gasteiger partial charge in [0.25, 0.3) is 0 Å². The van der Waals surface area contributed by atoms with Crippen molar-refractivity contribution >= 4 is 5.82 Å². The van der Waals surface area contributed by atoms with Crippen LogP contribution in [0.3, 0.4) is 0 Å². The molecule has 2 saturated heterocycles. The summed E-state index contributed by atoms with van der Waals surface area (Å²) in [5, 5.41) is 12.0. The van der Waals surface area contributed by atoms with Crippen molar-refractivity contribution in [2.24, 2.45) is 5.92 Å². The first kappa shape index (κ1) is 19.8. The average Bonchev–Trinajstić information content (AvgIpc) is 3.28. The van der Waals surface area contributed by atoms with E-state index in [9.17, 15) is 0 Å². The second-order valence-corrected chi connectivity index (χ2v) is 9.04. The van der Waals surface area contributed by atoms with Crippen LogP contribution in [0, 0.1) is 5.92 Å². The number of ether oxygens (including phenoxy) is 1. The molecule has 1 N–H and O–H groups in total. The normalized spacial score (nSPS) is 24.6. The molecule has 5 rings (SSSR count). The van der Waals surface area contributed by atoms with Crippen molar-refractivity contribution in [2.45, 2.75) is 38.1 Å². The minimum Gasteiger partial charge on any atom is -0.476 e. The van der Waals surface area contributed by atoms with E-state index in [1.165, 1.54) is 49.9 Å². The van der Waals surface area contributed by atoms with Crippen molar-refractivity contribution in [1.29, 1.82) is 0 Å². The van der Waals surface area contributed by atoms with Crippen LogP contribution >= 0.6 is 0 Å². The van der Waals surface area contributed by atoms with Crippen molar-refractivity contribution in [3.63, 3.8) is 0 Å². The number of rotatable bonds is 7.